The largest absolute Gasteiger partial charge is 0.353 e. The van der Waals surface area contributed by atoms with Crippen LogP contribution in [0.5, 0.6) is 0 Å². The van der Waals surface area contributed by atoms with Gasteiger partial charge in [0.05, 0.1) is 0 Å². The summed E-state index contributed by atoms with van der Waals surface area (Å²) in [4.78, 5) is 51.0. The highest BCUT2D eigenvalue weighted by molar-refractivity contribution is 6.01. The second-order valence-corrected chi connectivity index (χ2v) is 7.20. The van der Waals surface area contributed by atoms with E-state index in [-0.39, 0.29) is 25.7 Å². The monoisotopic (exact) mass is 398 g/mol. The number of unbranched alkanes of at least 4 members (excludes halogenated alkanes) is 5. The van der Waals surface area contributed by atoms with Crippen molar-refractivity contribution >= 4 is 23.7 Å². The van der Waals surface area contributed by atoms with E-state index in [2.05, 4.69) is 11.9 Å². The molecule has 8 heteroatoms. The lowest BCUT2D eigenvalue weighted by molar-refractivity contribution is -0.197. The third kappa shape index (κ3) is 8.63. The zero-order chi connectivity index (χ0) is 21.0. The molecule has 1 fully saturated rings. The van der Waals surface area contributed by atoms with Crippen molar-refractivity contribution in [3.63, 3.8) is 0 Å². The molecule has 1 rings (SSSR count). The van der Waals surface area contributed by atoms with Gasteiger partial charge < -0.3 is 10.2 Å². The molecule has 7 nitrogen and oxygen atoms in total. The van der Waals surface area contributed by atoms with E-state index >= 15 is 0 Å². The van der Waals surface area contributed by atoms with Crippen LogP contribution < -0.4 is 5.32 Å². The normalized spacial score (nSPS) is 16.0. The number of carbonyl (C=O) groups excluding carboxylic acids is 4. The van der Waals surface area contributed by atoms with E-state index in [1.165, 1.54) is 6.92 Å². The van der Waals surface area contributed by atoms with Crippen LogP contribution in [-0.2, 0) is 24.0 Å². The van der Waals surface area contributed by atoms with Crippen LogP contribution in [0.1, 0.15) is 77.6 Å². The van der Waals surface area contributed by atoms with Crippen molar-refractivity contribution in [3.8, 4) is 0 Å². The van der Waals surface area contributed by atoms with Crippen LogP contribution >= 0.6 is 0 Å². The van der Waals surface area contributed by atoms with Crippen molar-refractivity contribution in [2.45, 2.75) is 83.2 Å². The third-order valence-electron chi connectivity index (χ3n) is 4.57. The number of hydrogen-bond donors (Lipinski definition) is 1. The summed E-state index contributed by atoms with van der Waals surface area (Å²) in [6.45, 7) is 5.26. The van der Waals surface area contributed by atoms with E-state index in [4.69, 9.17) is 4.84 Å². The molecule has 1 aliphatic heterocycles. The molecule has 1 aliphatic rings. The van der Waals surface area contributed by atoms with E-state index in [0.29, 0.717) is 37.3 Å². The first kappa shape index (κ1) is 23.8. The zero-order valence-electron chi connectivity index (χ0n) is 16.6. The second kappa shape index (κ2) is 12.3. The van der Waals surface area contributed by atoms with E-state index in [1.807, 2.05) is 6.08 Å². The molecule has 1 unspecified atom stereocenters. The number of nitrogens with zero attached hydrogens (tertiary/aromatic N) is 1. The Morgan fingerprint density at radius 2 is 1.79 bits per heavy atom. The highest BCUT2D eigenvalue weighted by Crippen LogP contribution is 2.20. The lowest BCUT2D eigenvalue weighted by atomic mass is 9.98. The molecule has 1 N–H and O–H groups in total. The fourth-order valence-electron chi connectivity index (χ4n) is 2.80. The SMILES string of the molecule is C=CCCCCCC(C)(F)C(=O)NCCCCCC(=O)ON1C(=O)CCC1=O. The van der Waals surface area contributed by atoms with Gasteiger partial charge in [0.2, 0.25) is 0 Å². The molecular weight excluding hydrogens is 367 g/mol. The van der Waals surface area contributed by atoms with Crippen LogP contribution in [0, 0.1) is 0 Å². The third-order valence-corrected chi connectivity index (χ3v) is 4.57. The number of carbonyl (C=O) groups is 4. The van der Waals surface area contributed by atoms with Gasteiger partial charge in [0.15, 0.2) is 5.67 Å². The lowest BCUT2D eigenvalue weighted by Gasteiger charge is -2.19. The first-order valence-electron chi connectivity index (χ1n) is 9.92. The van der Waals surface area contributed by atoms with Gasteiger partial charge in [-0.05, 0) is 45.4 Å². The number of amides is 3. The van der Waals surface area contributed by atoms with E-state index in [9.17, 15) is 23.6 Å². The van der Waals surface area contributed by atoms with Crippen LogP contribution in [0.3, 0.4) is 0 Å². The minimum absolute atomic E-state index is 0.0636. The van der Waals surface area contributed by atoms with Gasteiger partial charge in [-0.2, -0.15) is 0 Å². The van der Waals surface area contributed by atoms with E-state index in [1.54, 1.807) is 0 Å². The molecule has 1 heterocycles. The number of hydroxylamine groups is 2. The standard InChI is InChI=1S/C20H31FN2O5/c1-3-4-5-6-9-14-20(2,21)19(27)22-15-10-7-8-11-18(26)28-23-16(24)12-13-17(23)25/h3H,1,4-15H2,2H3,(H,22,27). The fourth-order valence-corrected chi connectivity index (χ4v) is 2.80. The molecule has 0 radical (unpaired) electrons. The van der Waals surface area contributed by atoms with Gasteiger partial charge in [0.1, 0.15) is 0 Å². The van der Waals surface area contributed by atoms with Crippen molar-refractivity contribution in [1.82, 2.24) is 10.4 Å². The number of nitrogens with one attached hydrogen (secondary N) is 1. The topological polar surface area (TPSA) is 92.8 Å². The number of alkyl halides is 1. The lowest BCUT2D eigenvalue weighted by Crippen LogP contribution is -2.41. The Morgan fingerprint density at radius 3 is 2.43 bits per heavy atom. The molecule has 1 saturated heterocycles. The van der Waals surface area contributed by atoms with Gasteiger partial charge in [-0.3, -0.25) is 14.4 Å². The predicted molar refractivity (Wildman–Crippen MR) is 101 cm³/mol. The minimum Gasteiger partial charge on any atom is -0.353 e. The summed E-state index contributed by atoms with van der Waals surface area (Å²) in [5.41, 5.74) is -1.88. The molecule has 0 bridgehead atoms. The van der Waals surface area contributed by atoms with Crippen molar-refractivity contribution in [2.24, 2.45) is 0 Å². The molecule has 0 aromatic carbocycles. The van der Waals surface area contributed by atoms with Crippen molar-refractivity contribution in [3.05, 3.63) is 12.7 Å². The van der Waals surface area contributed by atoms with Gasteiger partial charge in [0.25, 0.3) is 17.7 Å². The predicted octanol–water partition coefficient (Wildman–Crippen LogP) is 3.13. The smallest absolute Gasteiger partial charge is 0.333 e. The molecule has 0 aliphatic carbocycles. The molecular formula is C20H31FN2O5. The summed E-state index contributed by atoms with van der Waals surface area (Å²) in [7, 11) is 0. The number of imide groups is 1. The Labute approximate surface area is 165 Å². The van der Waals surface area contributed by atoms with E-state index < -0.39 is 29.4 Å². The molecule has 3 amide bonds. The highest BCUT2D eigenvalue weighted by atomic mass is 19.1. The first-order chi connectivity index (χ1) is 13.3. The minimum atomic E-state index is -1.88. The Morgan fingerprint density at radius 1 is 1.14 bits per heavy atom. The van der Waals surface area contributed by atoms with Crippen molar-refractivity contribution < 1.29 is 28.4 Å². The van der Waals surface area contributed by atoms with Gasteiger partial charge in [-0.1, -0.05) is 18.9 Å². The Bertz CT molecular complexity index is 561. The van der Waals surface area contributed by atoms with Crippen molar-refractivity contribution in [1.29, 1.82) is 0 Å². The molecule has 0 aromatic rings. The number of hydrogen-bond acceptors (Lipinski definition) is 5. The maximum absolute atomic E-state index is 14.4. The fraction of sp³-hybridized carbons (Fsp3) is 0.700. The molecule has 0 aromatic heterocycles. The van der Waals surface area contributed by atoms with Crippen LogP contribution in [0.25, 0.3) is 0 Å². The summed E-state index contributed by atoms with van der Waals surface area (Å²) >= 11 is 0. The molecule has 28 heavy (non-hydrogen) atoms. The maximum atomic E-state index is 14.4. The summed E-state index contributed by atoms with van der Waals surface area (Å²) in [6, 6.07) is 0. The van der Waals surface area contributed by atoms with Crippen molar-refractivity contribution in [2.75, 3.05) is 6.54 Å². The van der Waals surface area contributed by atoms with E-state index in [0.717, 1.165) is 19.3 Å². The summed E-state index contributed by atoms with van der Waals surface area (Å²) < 4.78 is 14.4. The maximum Gasteiger partial charge on any atom is 0.333 e. The Balaban J connectivity index is 2.10. The average molecular weight is 398 g/mol. The van der Waals surface area contributed by atoms with Crippen LogP contribution in [0.15, 0.2) is 12.7 Å². The van der Waals surface area contributed by atoms with Crippen LogP contribution in [-0.4, -0.2) is 41.0 Å². The van der Waals surface area contributed by atoms with Crippen LogP contribution in [0.4, 0.5) is 4.39 Å². The van der Waals surface area contributed by atoms with Gasteiger partial charge in [0, 0.05) is 25.8 Å². The van der Waals surface area contributed by atoms with Gasteiger partial charge in [-0.25, -0.2) is 9.18 Å². The summed E-state index contributed by atoms with van der Waals surface area (Å²) in [5.74, 6) is -2.26. The molecule has 0 spiro atoms. The molecule has 0 saturated carbocycles. The average Bonchev–Trinajstić information content (AvgIpc) is 2.96. The molecule has 158 valence electrons. The zero-order valence-corrected chi connectivity index (χ0v) is 16.6. The molecule has 1 atom stereocenters. The van der Waals surface area contributed by atoms with Gasteiger partial charge >= 0.3 is 5.97 Å². The number of rotatable bonds is 14. The summed E-state index contributed by atoms with van der Waals surface area (Å²) in [5, 5.41) is 3.12. The quantitative estimate of drug-likeness (QED) is 0.276. The van der Waals surface area contributed by atoms with Gasteiger partial charge in [-0.15, -0.1) is 11.6 Å². The number of halogens is 1. The first-order valence-corrected chi connectivity index (χ1v) is 9.92. The highest BCUT2D eigenvalue weighted by Gasteiger charge is 2.33. The Hall–Kier alpha value is -2.25. The Kier molecular flexibility index (Phi) is 10.4. The van der Waals surface area contributed by atoms with Crippen LogP contribution in [0.2, 0.25) is 0 Å². The summed E-state index contributed by atoms with van der Waals surface area (Å²) in [6.07, 6.45) is 7.28. The second-order valence-electron chi connectivity index (χ2n) is 7.20. The number of allylic oxidation sites excluding steroid dienone is 1.